The van der Waals surface area contributed by atoms with Crippen LogP contribution in [0.1, 0.15) is 18.4 Å². The van der Waals surface area contributed by atoms with Crippen molar-refractivity contribution in [1.29, 1.82) is 0 Å². The number of nitrogens with zero attached hydrogens (tertiary/aromatic N) is 3. The molecular weight excluding hydrogens is 431 g/mol. The Morgan fingerprint density at radius 1 is 1.21 bits per heavy atom. The van der Waals surface area contributed by atoms with Crippen molar-refractivity contribution in [2.45, 2.75) is 24.9 Å². The molecule has 2 atom stereocenters. The fourth-order valence-corrected chi connectivity index (χ4v) is 5.38. The Morgan fingerprint density at radius 3 is 2.74 bits per heavy atom. The van der Waals surface area contributed by atoms with Crippen LogP contribution in [0.5, 0.6) is 11.6 Å². The van der Waals surface area contributed by atoms with Crippen LogP contribution in [0.3, 0.4) is 0 Å². The van der Waals surface area contributed by atoms with E-state index in [9.17, 15) is 5.11 Å². The number of anilines is 1. The maximum atomic E-state index is 16.1. The summed E-state index contributed by atoms with van der Waals surface area (Å²) in [7, 11) is 1.53. The van der Waals surface area contributed by atoms with Crippen molar-refractivity contribution in [3.8, 4) is 35.2 Å². The smallest absolute Gasteiger partial charge is 0.215 e. The molecule has 0 radical (unpaired) electrons. The lowest BCUT2D eigenvalue weighted by molar-refractivity contribution is 0.398. The second kappa shape index (κ2) is 7.86. The molecule has 0 aliphatic carbocycles. The van der Waals surface area contributed by atoms with Gasteiger partial charge in [-0.2, -0.15) is 0 Å². The van der Waals surface area contributed by atoms with Gasteiger partial charge in [-0.25, -0.2) is 9.37 Å². The number of rotatable bonds is 3. The van der Waals surface area contributed by atoms with Crippen molar-refractivity contribution in [2.24, 2.45) is 0 Å². The van der Waals surface area contributed by atoms with Gasteiger partial charge in [0, 0.05) is 59.3 Å². The normalized spacial score (nSPS) is 19.5. The second-order valence-electron chi connectivity index (χ2n) is 8.95. The zero-order valence-corrected chi connectivity index (χ0v) is 18.7. The van der Waals surface area contributed by atoms with Crippen LogP contribution < -0.4 is 15.0 Å². The number of terminal acetylenes is 1. The number of methoxy groups -OCH3 is 1. The van der Waals surface area contributed by atoms with Gasteiger partial charge in [-0.3, -0.25) is 4.98 Å². The summed E-state index contributed by atoms with van der Waals surface area (Å²) in [5, 5.41) is 16.0. The van der Waals surface area contributed by atoms with E-state index in [-0.39, 0.29) is 17.0 Å². The molecule has 170 valence electrons. The quantitative estimate of drug-likeness (QED) is 0.452. The molecule has 2 aliphatic heterocycles. The number of phenols is 1. The molecule has 0 amide bonds. The zero-order valence-electron chi connectivity index (χ0n) is 18.7. The summed E-state index contributed by atoms with van der Waals surface area (Å²) in [6.45, 7) is 1.68. The third-order valence-corrected chi connectivity index (χ3v) is 6.89. The molecule has 2 N–H and O–H groups in total. The minimum atomic E-state index is -0.575. The van der Waals surface area contributed by atoms with Crippen LogP contribution in [0, 0.1) is 18.2 Å². The number of phenolic OH excluding ortho intramolecular Hbond substituents is 1. The number of nitrogens with one attached hydrogen (secondary N) is 1. The minimum absolute atomic E-state index is 0.00792. The SMILES string of the molecule is C#Cc1cccc2cc(O)cc(-c3ncc4c(N5CC6CCC(C5)N6)cc(OC)nc4c3F)c12. The molecule has 2 unspecified atom stereocenters. The highest BCUT2D eigenvalue weighted by Crippen LogP contribution is 2.39. The summed E-state index contributed by atoms with van der Waals surface area (Å²) in [6.07, 6.45) is 9.67. The van der Waals surface area contributed by atoms with Crippen LogP contribution in [-0.2, 0) is 0 Å². The Bertz CT molecular complexity index is 1480. The maximum absolute atomic E-state index is 16.1. The van der Waals surface area contributed by atoms with Crippen molar-refractivity contribution >= 4 is 27.4 Å². The van der Waals surface area contributed by atoms with Crippen LogP contribution in [0.2, 0.25) is 0 Å². The van der Waals surface area contributed by atoms with Crippen LogP contribution in [0.25, 0.3) is 32.9 Å². The predicted molar refractivity (Wildman–Crippen MR) is 131 cm³/mol. The van der Waals surface area contributed by atoms with Crippen molar-refractivity contribution < 1.29 is 14.2 Å². The van der Waals surface area contributed by atoms with Crippen molar-refractivity contribution in [1.82, 2.24) is 15.3 Å². The van der Waals surface area contributed by atoms with Gasteiger partial charge in [0.2, 0.25) is 5.88 Å². The van der Waals surface area contributed by atoms with Crippen molar-refractivity contribution in [3.63, 3.8) is 0 Å². The van der Waals surface area contributed by atoms with Crippen molar-refractivity contribution in [3.05, 3.63) is 54.0 Å². The predicted octanol–water partition coefficient (Wildman–Crippen LogP) is 4.23. The molecule has 2 aliphatic rings. The summed E-state index contributed by atoms with van der Waals surface area (Å²) in [4.78, 5) is 11.3. The molecule has 6 rings (SSSR count). The summed E-state index contributed by atoms with van der Waals surface area (Å²) >= 11 is 0. The van der Waals surface area contributed by atoms with E-state index in [1.807, 2.05) is 18.2 Å². The van der Waals surface area contributed by atoms with Gasteiger partial charge < -0.3 is 20.1 Å². The van der Waals surface area contributed by atoms with Gasteiger partial charge in [-0.05, 0) is 36.4 Å². The van der Waals surface area contributed by atoms with Gasteiger partial charge >= 0.3 is 0 Å². The Hall–Kier alpha value is -3.89. The Kier molecular flexibility index (Phi) is 4.78. The zero-order chi connectivity index (χ0) is 23.4. The first kappa shape index (κ1) is 20.7. The number of piperazine rings is 1. The van der Waals surface area contributed by atoms with Crippen LogP contribution >= 0.6 is 0 Å². The summed E-state index contributed by atoms with van der Waals surface area (Å²) in [5.41, 5.74) is 2.16. The Morgan fingerprint density at radius 2 is 2.00 bits per heavy atom. The molecule has 34 heavy (non-hydrogen) atoms. The second-order valence-corrected chi connectivity index (χ2v) is 8.95. The van der Waals surface area contributed by atoms with E-state index in [0.29, 0.717) is 45.2 Å². The number of hydrogen-bond donors (Lipinski definition) is 2. The highest BCUT2D eigenvalue weighted by atomic mass is 19.1. The highest BCUT2D eigenvalue weighted by Gasteiger charge is 2.33. The molecule has 7 heteroatoms. The first-order valence-corrected chi connectivity index (χ1v) is 11.3. The molecule has 4 aromatic rings. The highest BCUT2D eigenvalue weighted by molar-refractivity contribution is 6.03. The number of pyridine rings is 2. The lowest BCUT2D eigenvalue weighted by Crippen LogP contribution is -2.51. The number of ether oxygens (including phenoxy) is 1. The number of aromatic hydroxyl groups is 1. The number of fused-ring (bicyclic) bond motifs is 4. The molecule has 0 saturated carbocycles. The molecule has 2 aromatic heterocycles. The summed E-state index contributed by atoms with van der Waals surface area (Å²) in [6, 6.07) is 11.2. The average Bonchev–Trinajstić information content (AvgIpc) is 3.20. The molecule has 2 saturated heterocycles. The Balaban J connectivity index is 1.58. The topological polar surface area (TPSA) is 70.5 Å². The van der Waals surface area contributed by atoms with Gasteiger partial charge in [-0.15, -0.1) is 6.42 Å². The molecule has 2 aromatic carbocycles. The van der Waals surface area contributed by atoms with Crippen LogP contribution in [0.4, 0.5) is 10.1 Å². The van der Waals surface area contributed by atoms with E-state index in [2.05, 4.69) is 26.1 Å². The maximum Gasteiger partial charge on any atom is 0.215 e. The largest absolute Gasteiger partial charge is 0.508 e. The number of halogens is 1. The number of hydrogen-bond acceptors (Lipinski definition) is 6. The molecule has 4 heterocycles. The lowest BCUT2D eigenvalue weighted by Gasteiger charge is -2.35. The van der Waals surface area contributed by atoms with E-state index < -0.39 is 5.82 Å². The van der Waals surface area contributed by atoms with E-state index in [0.717, 1.165) is 31.6 Å². The Labute approximate surface area is 196 Å². The molecule has 2 bridgehead atoms. The minimum Gasteiger partial charge on any atom is -0.508 e. The lowest BCUT2D eigenvalue weighted by atomic mass is 9.96. The monoisotopic (exact) mass is 454 g/mol. The standard InChI is InChI=1S/C27H23FN4O2/c1-3-15-5-4-6-16-9-19(33)10-20(24(15)16)26-25(28)27-21(12-29-26)22(11-23(31-27)34-2)32-13-17-7-8-18(14-32)30-17/h1,4-6,9-12,17-18,30,33H,7-8,13-14H2,2H3. The fourth-order valence-electron chi connectivity index (χ4n) is 5.38. The molecule has 6 nitrogen and oxygen atoms in total. The van der Waals surface area contributed by atoms with Crippen LogP contribution in [0.15, 0.2) is 42.6 Å². The van der Waals surface area contributed by atoms with Gasteiger partial charge in [0.1, 0.15) is 17.0 Å². The first-order chi connectivity index (χ1) is 16.6. The number of aromatic nitrogens is 2. The fraction of sp³-hybridized carbons (Fsp3) is 0.259. The van der Waals surface area contributed by atoms with Gasteiger partial charge in [0.25, 0.3) is 0 Å². The van der Waals surface area contributed by atoms with Gasteiger partial charge in [-0.1, -0.05) is 18.1 Å². The third kappa shape index (κ3) is 3.22. The number of benzene rings is 2. The molecule has 2 fully saturated rings. The van der Waals surface area contributed by atoms with Crippen LogP contribution in [-0.4, -0.2) is 47.4 Å². The first-order valence-electron chi connectivity index (χ1n) is 11.3. The van der Waals surface area contributed by atoms with Crippen molar-refractivity contribution in [2.75, 3.05) is 25.1 Å². The molecule has 0 spiro atoms. The van der Waals surface area contributed by atoms with Gasteiger partial charge in [0.15, 0.2) is 5.82 Å². The summed E-state index contributed by atoms with van der Waals surface area (Å²) < 4.78 is 21.6. The summed E-state index contributed by atoms with van der Waals surface area (Å²) in [5.74, 6) is 2.44. The van der Waals surface area contributed by atoms with E-state index >= 15 is 4.39 Å². The molecular formula is C27H23FN4O2. The van der Waals surface area contributed by atoms with E-state index in [4.69, 9.17) is 11.2 Å². The van der Waals surface area contributed by atoms with E-state index in [1.165, 1.54) is 13.2 Å². The van der Waals surface area contributed by atoms with E-state index in [1.54, 1.807) is 18.3 Å². The average molecular weight is 455 g/mol. The third-order valence-electron chi connectivity index (χ3n) is 6.89. The van der Waals surface area contributed by atoms with Gasteiger partial charge in [0.05, 0.1) is 12.8 Å².